The van der Waals surface area contributed by atoms with Gasteiger partial charge in [0, 0.05) is 24.4 Å². The summed E-state index contributed by atoms with van der Waals surface area (Å²) in [6.07, 6.45) is 0.948. The summed E-state index contributed by atoms with van der Waals surface area (Å²) < 4.78 is 6.19. The van der Waals surface area contributed by atoms with E-state index in [1.807, 2.05) is 6.92 Å². The van der Waals surface area contributed by atoms with Crippen molar-refractivity contribution in [3.05, 3.63) is 32.1 Å². The van der Waals surface area contributed by atoms with E-state index in [0.717, 1.165) is 31.7 Å². The second-order valence-electron chi connectivity index (χ2n) is 5.37. The van der Waals surface area contributed by atoms with Gasteiger partial charge in [0.05, 0.1) is 15.7 Å². The highest BCUT2D eigenvalue weighted by molar-refractivity contribution is 9.10. The predicted octanol–water partition coefficient (Wildman–Crippen LogP) is 3.75. The first-order valence-corrected chi connectivity index (χ1v) is 8.88. The molecule has 1 aliphatic heterocycles. The fourth-order valence-corrected chi connectivity index (χ4v) is 4.23. The van der Waals surface area contributed by atoms with Crippen LogP contribution in [0.1, 0.15) is 39.4 Å². The van der Waals surface area contributed by atoms with Crippen LogP contribution in [0.25, 0.3) is 0 Å². The third-order valence-corrected chi connectivity index (χ3v) is 5.84. The van der Waals surface area contributed by atoms with Gasteiger partial charge in [0.2, 0.25) is 0 Å². The lowest BCUT2D eigenvalue weighted by molar-refractivity contribution is 0.102. The Labute approximate surface area is 141 Å². The van der Waals surface area contributed by atoms with Crippen molar-refractivity contribution >= 4 is 38.3 Å². The van der Waals surface area contributed by atoms with Crippen molar-refractivity contribution in [2.45, 2.75) is 33.7 Å². The highest BCUT2D eigenvalue weighted by Crippen LogP contribution is 2.31. The molecule has 2 aromatic rings. The maximum atomic E-state index is 12.5. The Bertz CT molecular complexity index is 723. The van der Waals surface area contributed by atoms with Crippen molar-refractivity contribution < 1.29 is 9.21 Å². The number of aromatic nitrogens is 1. The van der Waals surface area contributed by atoms with Crippen LogP contribution in [0.2, 0.25) is 0 Å². The van der Waals surface area contributed by atoms with Crippen molar-refractivity contribution in [2.24, 2.45) is 0 Å². The van der Waals surface area contributed by atoms with E-state index in [1.54, 1.807) is 18.3 Å². The second kappa shape index (κ2) is 6.14. The number of carbonyl (C=O) groups excluding carboxylic acids is 1. The maximum Gasteiger partial charge on any atom is 0.262 e. The summed E-state index contributed by atoms with van der Waals surface area (Å²) in [6.45, 7) is 8.78. The molecular formula is C15H18BrN3O2S. The molecule has 0 fully saturated rings. The Morgan fingerprint density at radius 3 is 2.86 bits per heavy atom. The molecule has 5 nitrogen and oxygen atoms in total. The van der Waals surface area contributed by atoms with Gasteiger partial charge in [0.15, 0.2) is 5.13 Å². The molecule has 1 amide bonds. The summed E-state index contributed by atoms with van der Waals surface area (Å²) in [6, 6.07) is 0. The van der Waals surface area contributed by atoms with Crippen LogP contribution in [-0.2, 0) is 13.0 Å². The monoisotopic (exact) mass is 383 g/mol. The largest absolute Gasteiger partial charge is 0.465 e. The van der Waals surface area contributed by atoms with Crippen LogP contribution in [0.3, 0.4) is 0 Å². The maximum absolute atomic E-state index is 12.5. The number of nitrogens with zero attached hydrogens (tertiary/aromatic N) is 2. The van der Waals surface area contributed by atoms with Gasteiger partial charge in [0.1, 0.15) is 11.5 Å². The molecule has 0 atom stereocenters. The van der Waals surface area contributed by atoms with Gasteiger partial charge in [0.25, 0.3) is 5.91 Å². The van der Waals surface area contributed by atoms with E-state index >= 15 is 0 Å². The van der Waals surface area contributed by atoms with Gasteiger partial charge < -0.3 is 4.42 Å². The van der Waals surface area contributed by atoms with E-state index in [9.17, 15) is 4.79 Å². The molecule has 3 heterocycles. The summed E-state index contributed by atoms with van der Waals surface area (Å²) in [4.78, 5) is 20.7. The normalized spacial score (nSPS) is 14.9. The van der Waals surface area contributed by atoms with Gasteiger partial charge in [-0.05, 0) is 36.3 Å². The molecule has 0 saturated heterocycles. The third-order valence-electron chi connectivity index (χ3n) is 3.89. The van der Waals surface area contributed by atoms with E-state index in [0.29, 0.717) is 26.7 Å². The average Bonchev–Trinajstić information content (AvgIpc) is 2.98. The number of nitrogens with one attached hydrogen (secondary N) is 1. The Morgan fingerprint density at radius 1 is 1.45 bits per heavy atom. The van der Waals surface area contributed by atoms with Gasteiger partial charge in [-0.25, -0.2) is 4.98 Å². The number of likely N-dealkylation sites (N-methyl/N-ethyl adjacent to an activating group) is 1. The summed E-state index contributed by atoms with van der Waals surface area (Å²) in [7, 11) is 0. The SMILES string of the molecule is CCN1CCc2nc(NC(=O)c3c(C)oc(C)c3Br)sc2C1. The first-order valence-electron chi connectivity index (χ1n) is 7.27. The predicted molar refractivity (Wildman–Crippen MR) is 90.6 cm³/mol. The highest BCUT2D eigenvalue weighted by atomic mass is 79.9. The zero-order valence-electron chi connectivity index (χ0n) is 12.8. The smallest absolute Gasteiger partial charge is 0.262 e. The Kier molecular flexibility index (Phi) is 4.38. The molecule has 0 radical (unpaired) electrons. The Balaban J connectivity index is 1.79. The number of hydrogen-bond donors (Lipinski definition) is 1. The fourth-order valence-electron chi connectivity index (χ4n) is 2.65. The van der Waals surface area contributed by atoms with Crippen LogP contribution in [0.15, 0.2) is 8.89 Å². The molecule has 0 bridgehead atoms. The molecule has 2 aromatic heterocycles. The molecule has 0 spiro atoms. The average molecular weight is 384 g/mol. The lowest BCUT2D eigenvalue weighted by Gasteiger charge is -2.23. The van der Waals surface area contributed by atoms with Crippen molar-refractivity contribution in [1.82, 2.24) is 9.88 Å². The summed E-state index contributed by atoms with van der Waals surface area (Å²) >= 11 is 4.98. The number of rotatable bonds is 3. The molecule has 0 aliphatic carbocycles. The summed E-state index contributed by atoms with van der Waals surface area (Å²) in [5.41, 5.74) is 1.66. The van der Waals surface area contributed by atoms with Crippen LogP contribution >= 0.6 is 27.3 Å². The first-order chi connectivity index (χ1) is 10.5. The topological polar surface area (TPSA) is 58.4 Å². The van der Waals surface area contributed by atoms with E-state index in [1.165, 1.54) is 4.88 Å². The minimum absolute atomic E-state index is 0.181. The van der Waals surface area contributed by atoms with E-state index in [-0.39, 0.29) is 5.91 Å². The van der Waals surface area contributed by atoms with Crippen molar-refractivity contribution in [2.75, 3.05) is 18.4 Å². The molecule has 1 N–H and O–H groups in total. The lowest BCUT2D eigenvalue weighted by Crippen LogP contribution is -2.29. The van der Waals surface area contributed by atoms with Crippen LogP contribution in [0, 0.1) is 13.8 Å². The molecule has 0 unspecified atom stereocenters. The summed E-state index contributed by atoms with van der Waals surface area (Å²) in [5, 5.41) is 3.57. The minimum Gasteiger partial charge on any atom is -0.465 e. The van der Waals surface area contributed by atoms with Crippen LogP contribution in [-0.4, -0.2) is 28.9 Å². The first kappa shape index (κ1) is 15.7. The third kappa shape index (κ3) is 2.85. The number of anilines is 1. The Morgan fingerprint density at radius 2 is 2.23 bits per heavy atom. The van der Waals surface area contributed by atoms with Crippen LogP contribution in [0.5, 0.6) is 0 Å². The van der Waals surface area contributed by atoms with Crippen molar-refractivity contribution in [3.63, 3.8) is 0 Å². The van der Waals surface area contributed by atoms with Crippen molar-refractivity contribution in [1.29, 1.82) is 0 Å². The number of carbonyl (C=O) groups is 1. The molecule has 22 heavy (non-hydrogen) atoms. The number of fused-ring (bicyclic) bond motifs is 1. The minimum atomic E-state index is -0.181. The molecule has 0 aromatic carbocycles. The number of thiazole rings is 1. The van der Waals surface area contributed by atoms with Crippen LogP contribution < -0.4 is 5.32 Å². The van der Waals surface area contributed by atoms with Gasteiger partial charge in [-0.1, -0.05) is 6.92 Å². The number of furan rings is 1. The quantitative estimate of drug-likeness (QED) is 0.876. The summed E-state index contributed by atoms with van der Waals surface area (Å²) in [5.74, 6) is 1.14. The highest BCUT2D eigenvalue weighted by Gasteiger charge is 2.23. The van der Waals surface area contributed by atoms with E-state index in [4.69, 9.17) is 4.42 Å². The molecule has 1 aliphatic rings. The van der Waals surface area contributed by atoms with E-state index < -0.39 is 0 Å². The van der Waals surface area contributed by atoms with Crippen molar-refractivity contribution in [3.8, 4) is 0 Å². The van der Waals surface area contributed by atoms with Gasteiger partial charge in [-0.3, -0.25) is 15.0 Å². The second-order valence-corrected chi connectivity index (χ2v) is 7.24. The molecule has 3 rings (SSSR count). The number of hydrogen-bond acceptors (Lipinski definition) is 5. The Hall–Kier alpha value is -1.18. The molecule has 0 saturated carbocycles. The standard InChI is InChI=1S/C15H18BrN3O2S/c1-4-19-6-5-10-11(7-19)22-15(17-10)18-14(20)12-8(2)21-9(3)13(12)16/h4-7H2,1-3H3,(H,17,18,20). The number of amides is 1. The van der Waals surface area contributed by atoms with E-state index in [2.05, 4.69) is 38.1 Å². The number of halogens is 1. The fraction of sp³-hybridized carbons (Fsp3) is 0.467. The van der Waals surface area contributed by atoms with Gasteiger partial charge >= 0.3 is 0 Å². The number of aryl methyl sites for hydroxylation is 2. The lowest BCUT2D eigenvalue weighted by atomic mass is 10.2. The molecular weight excluding hydrogens is 366 g/mol. The zero-order chi connectivity index (χ0) is 15.9. The van der Waals surface area contributed by atoms with Gasteiger partial charge in [-0.15, -0.1) is 11.3 Å². The molecule has 118 valence electrons. The zero-order valence-corrected chi connectivity index (χ0v) is 15.2. The van der Waals surface area contributed by atoms with Crippen LogP contribution in [0.4, 0.5) is 5.13 Å². The molecule has 7 heteroatoms. The van der Waals surface area contributed by atoms with Gasteiger partial charge in [-0.2, -0.15) is 0 Å².